The topological polar surface area (TPSA) is 83.8 Å². The number of allylic oxidation sites excluding steroid dienone is 2. The molecule has 152 valence electrons. The summed E-state index contributed by atoms with van der Waals surface area (Å²) in [6.07, 6.45) is 8.59. The summed E-state index contributed by atoms with van der Waals surface area (Å²) < 4.78 is 4.62. The van der Waals surface area contributed by atoms with Gasteiger partial charge in [-0.05, 0) is 49.7 Å². The van der Waals surface area contributed by atoms with Gasteiger partial charge in [0.15, 0.2) is 0 Å². The highest BCUT2D eigenvalue weighted by atomic mass is 16.5. The highest BCUT2D eigenvalue weighted by molar-refractivity contribution is 5.85. The number of aliphatic hydroxyl groups excluding tert-OH is 1. The lowest BCUT2D eigenvalue weighted by Crippen LogP contribution is -2.33. The van der Waals surface area contributed by atoms with Gasteiger partial charge in [0.05, 0.1) is 18.8 Å². The molecule has 28 heavy (non-hydrogen) atoms. The number of ketones is 1. The molecule has 3 atom stereocenters. The number of rotatable bonds is 8. The van der Waals surface area contributed by atoms with Gasteiger partial charge < -0.3 is 14.9 Å². The molecule has 2 aliphatic carbocycles. The second-order valence-electron chi connectivity index (χ2n) is 8.05. The Hall–Kier alpha value is -1.98. The Morgan fingerprint density at radius 1 is 1.25 bits per heavy atom. The van der Waals surface area contributed by atoms with Gasteiger partial charge in [-0.1, -0.05) is 36.4 Å². The van der Waals surface area contributed by atoms with Crippen LogP contribution < -0.4 is 0 Å². The first-order valence-corrected chi connectivity index (χ1v) is 10.2. The van der Waals surface area contributed by atoms with Crippen LogP contribution in [0.1, 0.15) is 68.4 Å². The van der Waals surface area contributed by atoms with E-state index in [0.29, 0.717) is 12.8 Å². The van der Waals surface area contributed by atoms with Crippen LogP contribution >= 0.6 is 0 Å². The smallest absolute Gasteiger partial charge is 0.305 e. The molecule has 0 spiro atoms. The lowest BCUT2D eigenvalue weighted by atomic mass is 9.74. The second-order valence-corrected chi connectivity index (χ2v) is 8.05. The molecule has 0 saturated heterocycles. The minimum absolute atomic E-state index is 0.0957. The lowest BCUT2D eigenvalue weighted by Gasteiger charge is -2.37. The summed E-state index contributed by atoms with van der Waals surface area (Å²) in [6, 6.07) is 7.77. The predicted molar refractivity (Wildman–Crippen MR) is 106 cm³/mol. The molecule has 2 N–H and O–H groups in total. The van der Waals surface area contributed by atoms with Crippen LogP contribution in [-0.4, -0.2) is 35.2 Å². The number of methoxy groups -OCH3 is 1. The third-order valence-electron chi connectivity index (χ3n) is 6.22. The number of unbranched alkanes of at least 4 members (excludes halogenated alkanes) is 1. The van der Waals surface area contributed by atoms with Crippen molar-refractivity contribution in [1.29, 1.82) is 0 Å². The average molecular weight is 386 g/mol. The fourth-order valence-corrected chi connectivity index (χ4v) is 4.33. The van der Waals surface area contributed by atoms with Crippen molar-refractivity contribution in [1.82, 2.24) is 0 Å². The van der Waals surface area contributed by atoms with E-state index in [1.54, 1.807) is 0 Å². The first-order valence-electron chi connectivity index (χ1n) is 10.2. The van der Waals surface area contributed by atoms with Crippen LogP contribution in [0.4, 0.5) is 0 Å². The summed E-state index contributed by atoms with van der Waals surface area (Å²) in [4.78, 5) is 23.5. The number of Topliss-reactive ketones (excluding diaryl/α,β-unsaturated/α-hetero) is 1. The number of aliphatic hydroxyl groups is 2. The van der Waals surface area contributed by atoms with Crippen molar-refractivity contribution in [3.63, 3.8) is 0 Å². The standard InChI is InChI=1S/C23H30O5/c1-28-21(26)8-5-3-2-4-7-18-19(24)15-20(25)22(18)16-9-11-17(12-10-16)23(27)13-6-14-23/h2,4,9-12,18,20,22,25,27H,3,5-8,13-15H2,1H3/t18-,20+,22+/m0/s1. The number of carbonyl (C=O) groups is 2. The molecular formula is C23H30O5. The molecule has 5 heteroatoms. The van der Waals surface area contributed by atoms with E-state index in [4.69, 9.17) is 0 Å². The van der Waals surface area contributed by atoms with Crippen molar-refractivity contribution in [3.8, 4) is 0 Å². The zero-order chi connectivity index (χ0) is 20.1. The van der Waals surface area contributed by atoms with Gasteiger partial charge in [-0.2, -0.15) is 0 Å². The van der Waals surface area contributed by atoms with E-state index in [1.165, 1.54) is 7.11 Å². The highest BCUT2D eigenvalue weighted by Gasteiger charge is 2.42. The predicted octanol–water partition coefficient (Wildman–Crippen LogP) is 3.38. The van der Waals surface area contributed by atoms with Crippen LogP contribution in [0.25, 0.3) is 0 Å². The first kappa shape index (κ1) is 20.7. The molecule has 0 amide bonds. The molecular weight excluding hydrogens is 356 g/mol. The molecule has 2 aliphatic rings. The molecule has 2 fully saturated rings. The average Bonchev–Trinajstić information content (AvgIpc) is 2.95. The Labute approximate surface area is 166 Å². The summed E-state index contributed by atoms with van der Waals surface area (Å²) in [5.41, 5.74) is 1.17. The molecule has 0 aliphatic heterocycles. The molecule has 0 unspecified atom stereocenters. The van der Waals surface area contributed by atoms with E-state index in [1.807, 2.05) is 36.4 Å². The molecule has 0 heterocycles. The maximum atomic E-state index is 12.4. The number of hydrogen-bond acceptors (Lipinski definition) is 5. The summed E-state index contributed by atoms with van der Waals surface area (Å²) in [5.74, 6) is -0.558. The van der Waals surface area contributed by atoms with Gasteiger partial charge in [0.1, 0.15) is 5.78 Å². The van der Waals surface area contributed by atoms with E-state index in [0.717, 1.165) is 43.2 Å². The summed E-state index contributed by atoms with van der Waals surface area (Å²) in [7, 11) is 1.38. The van der Waals surface area contributed by atoms with Crippen LogP contribution in [-0.2, 0) is 19.9 Å². The minimum Gasteiger partial charge on any atom is -0.469 e. The van der Waals surface area contributed by atoms with Gasteiger partial charge in [-0.3, -0.25) is 9.59 Å². The van der Waals surface area contributed by atoms with Crippen molar-refractivity contribution in [2.75, 3.05) is 7.11 Å². The van der Waals surface area contributed by atoms with Crippen LogP contribution in [0.15, 0.2) is 36.4 Å². The van der Waals surface area contributed by atoms with Crippen molar-refractivity contribution in [2.24, 2.45) is 5.92 Å². The number of hydrogen-bond donors (Lipinski definition) is 2. The van der Waals surface area contributed by atoms with E-state index < -0.39 is 11.7 Å². The van der Waals surface area contributed by atoms with Gasteiger partial charge in [0, 0.05) is 24.7 Å². The Kier molecular flexibility index (Phi) is 6.68. The summed E-state index contributed by atoms with van der Waals surface area (Å²) >= 11 is 0. The Morgan fingerprint density at radius 3 is 2.57 bits per heavy atom. The molecule has 5 nitrogen and oxygen atoms in total. The van der Waals surface area contributed by atoms with Crippen molar-refractivity contribution >= 4 is 11.8 Å². The third kappa shape index (κ3) is 4.53. The minimum atomic E-state index is -0.699. The second kappa shape index (κ2) is 9.01. The monoisotopic (exact) mass is 386 g/mol. The quantitative estimate of drug-likeness (QED) is 0.406. The number of benzene rings is 1. The Balaban J connectivity index is 1.60. The van der Waals surface area contributed by atoms with E-state index in [2.05, 4.69) is 4.74 Å². The van der Waals surface area contributed by atoms with Crippen molar-refractivity contribution in [2.45, 2.75) is 69.0 Å². The Bertz CT molecular complexity index is 717. The molecule has 2 saturated carbocycles. The fraction of sp³-hybridized carbons (Fsp3) is 0.565. The number of carbonyl (C=O) groups excluding carboxylic acids is 2. The molecule has 0 radical (unpaired) electrons. The van der Waals surface area contributed by atoms with Gasteiger partial charge in [0.25, 0.3) is 0 Å². The third-order valence-corrected chi connectivity index (χ3v) is 6.22. The van der Waals surface area contributed by atoms with E-state index >= 15 is 0 Å². The normalized spacial score (nSPS) is 26.4. The van der Waals surface area contributed by atoms with Gasteiger partial charge >= 0.3 is 5.97 Å². The SMILES string of the molecule is COC(=O)CCCC=CC[C@H]1C(=O)C[C@@H](O)[C@@H]1c1ccc(C2(O)CCC2)cc1. The molecule has 1 aromatic carbocycles. The van der Waals surface area contributed by atoms with Crippen LogP contribution in [0.5, 0.6) is 0 Å². The largest absolute Gasteiger partial charge is 0.469 e. The first-order chi connectivity index (χ1) is 13.4. The maximum Gasteiger partial charge on any atom is 0.305 e. The van der Waals surface area contributed by atoms with Crippen molar-refractivity contribution in [3.05, 3.63) is 47.5 Å². The van der Waals surface area contributed by atoms with Crippen LogP contribution in [0, 0.1) is 5.92 Å². The van der Waals surface area contributed by atoms with E-state index in [-0.39, 0.29) is 30.0 Å². The van der Waals surface area contributed by atoms with E-state index in [9.17, 15) is 19.8 Å². The van der Waals surface area contributed by atoms with Crippen LogP contribution in [0.2, 0.25) is 0 Å². The van der Waals surface area contributed by atoms with Crippen LogP contribution in [0.3, 0.4) is 0 Å². The lowest BCUT2D eigenvalue weighted by molar-refractivity contribution is -0.140. The van der Waals surface area contributed by atoms with Gasteiger partial charge in [-0.15, -0.1) is 0 Å². The molecule has 0 aromatic heterocycles. The zero-order valence-electron chi connectivity index (χ0n) is 16.5. The van der Waals surface area contributed by atoms with Crippen molar-refractivity contribution < 1.29 is 24.5 Å². The summed E-state index contributed by atoms with van der Waals surface area (Å²) in [5, 5.41) is 20.9. The summed E-state index contributed by atoms with van der Waals surface area (Å²) in [6.45, 7) is 0. The maximum absolute atomic E-state index is 12.4. The molecule has 3 rings (SSSR count). The zero-order valence-corrected chi connectivity index (χ0v) is 16.5. The number of esters is 1. The fourth-order valence-electron chi connectivity index (χ4n) is 4.33. The number of ether oxygens (including phenoxy) is 1. The van der Waals surface area contributed by atoms with Gasteiger partial charge in [-0.25, -0.2) is 0 Å². The molecule has 1 aromatic rings. The molecule has 0 bridgehead atoms. The Morgan fingerprint density at radius 2 is 1.96 bits per heavy atom. The van der Waals surface area contributed by atoms with Gasteiger partial charge in [0.2, 0.25) is 0 Å². The highest BCUT2D eigenvalue weighted by Crippen LogP contribution is 2.43.